The summed E-state index contributed by atoms with van der Waals surface area (Å²) in [6, 6.07) is 0. The molecule has 0 aromatic rings. The molecule has 122 valence electrons. The molecule has 0 spiro atoms. The molecule has 0 amide bonds. The minimum Gasteiger partial charge on any atom is -0.430 e. The van der Waals surface area contributed by atoms with E-state index in [1.54, 1.807) is 6.08 Å². The monoisotopic (exact) mass is 310 g/mol. The number of ether oxygens (including phenoxy) is 2. The second kappa shape index (κ2) is 7.68. The van der Waals surface area contributed by atoms with Gasteiger partial charge in [0, 0.05) is 0 Å². The van der Waals surface area contributed by atoms with Crippen molar-refractivity contribution in [3.63, 3.8) is 0 Å². The molecule has 1 aliphatic carbocycles. The first-order valence-electron chi connectivity index (χ1n) is 7.05. The Morgan fingerprint density at radius 2 is 2.00 bits per heavy atom. The van der Waals surface area contributed by atoms with Gasteiger partial charge in [0.25, 0.3) is 0 Å². The average molecular weight is 310 g/mol. The Kier molecular flexibility index (Phi) is 6.51. The minimum absolute atomic E-state index is 0.196. The Balaban J connectivity index is 2.41. The Labute approximate surface area is 121 Å². The predicted molar refractivity (Wildman–Crippen MR) is 69.8 cm³/mol. The molecule has 0 heterocycles. The summed E-state index contributed by atoms with van der Waals surface area (Å²) in [4.78, 5) is 11.0. The number of alkyl halides is 3. The molecule has 21 heavy (non-hydrogen) atoms. The van der Waals surface area contributed by atoms with Crippen molar-refractivity contribution in [1.29, 1.82) is 0 Å². The van der Waals surface area contributed by atoms with Crippen molar-refractivity contribution in [3.8, 4) is 0 Å². The standard InChI is InChI=1S/C14H21F3O4/c1-2-3-5-11(13(19)7-4-8-13)6-9-20-12(18)21-10-14(15,16)17/h6,19H,2-5,7-10H2,1H3/b11-6-. The molecule has 0 aromatic heterocycles. The lowest BCUT2D eigenvalue weighted by Crippen LogP contribution is -2.39. The molecule has 0 radical (unpaired) electrons. The van der Waals surface area contributed by atoms with Crippen molar-refractivity contribution < 1.29 is 32.5 Å². The fourth-order valence-electron chi connectivity index (χ4n) is 2.12. The molecular formula is C14H21F3O4. The van der Waals surface area contributed by atoms with Crippen LogP contribution in [0.5, 0.6) is 0 Å². The van der Waals surface area contributed by atoms with Crippen molar-refractivity contribution in [1.82, 2.24) is 0 Å². The van der Waals surface area contributed by atoms with Crippen LogP contribution >= 0.6 is 0 Å². The van der Waals surface area contributed by atoms with Gasteiger partial charge in [-0.1, -0.05) is 13.3 Å². The number of carbonyl (C=O) groups excluding carboxylic acids is 1. The highest BCUT2D eigenvalue weighted by Gasteiger charge is 2.37. The normalized spacial score (nSPS) is 18.0. The summed E-state index contributed by atoms with van der Waals surface area (Å²) in [5.74, 6) is 0. The highest BCUT2D eigenvalue weighted by Crippen LogP contribution is 2.40. The maximum atomic E-state index is 11.8. The van der Waals surface area contributed by atoms with E-state index >= 15 is 0 Å². The van der Waals surface area contributed by atoms with E-state index in [0.717, 1.165) is 24.8 Å². The molecule has 1 N–H and O–H groups in total. The van der Waals surface area contributed by atoms with Crippen molar-refractivity contribution in [2.45, 2.75) is 57.2 Å². The van der Waals surface area contributed by atoms with E-state index in [1.807, 2.05) is 6.92 Å². The quantitative estimate of drug-likeness (QED) is 0.575. The molecule has 0 saturated heterocycles. The van der Waals surface area contributed by atoms with E-state index in [1.165, 1.54) is 0 Å². The third kappa shape index (κ3) is 6.37. The lowest BCUT2D eigenvalue weighted by atomic mass is 9.73. The number of hydrogen-bond acceptors (Lipinski definition) is 4. The molecule has 0 aromatic carbocycles. The number of aliphatic hydroxyl groups is 1. The first-order chi connectivity index (χ1) is 9.77. The van der Waals surface area contributed by atoms with Crippen LogP contribution in [-0.4, -0.2) is 36.3 Å². The van der Waals surface area contributed by atoms with E-state index in [4.69, 9.17) is 0 Å². The van der Waals surface area contributed by atoms with Gasteiger partial charge < -0.3 is 14.6 Å². The zero-order valence-corrected chi connectivity index (χ0v) is 12.0. The van der Waals surface area contributed by atoms with Crippen LogP contribution < -0.4 is 0 Å². The van der Waals surface area contributed by atoms with Crippen LogP contribution in [0.3, 0.4) is 0 Å². The third-order valence-corrected chi connectivity index (χ3v) is 3.46. The fourth-order valence-corrected chi connectivity index (χ4v) is 2.12. The molecule has 0 bridgehead atoms. The van der Waals surface area contributed by atoms with Gasteiger partial charge in [-0.25, -0.2) is 4.79 Å². The molecule has 1 fully saturated rings. The number of unbranched alkanes of at least 4 members (excludes halogenated alkanes) is 1. The third-order valence-electron chi connectivity index (χ3n) is 3.46. The van der Waals surface area contributed by atoms with Gasteiger partial charge in [0.2, 0.25) is 0 Å². The maximum absolute atomic E-state index is 11.8. The van der Waals surface area contributed by atoms with Gasteiger partial charge in [-0.05, 0) is 43.8 Å². The SMILES string of the molecule is CCCC/C(=C/COC(=O)OCC(F)(F)F)C1(O)CCC1. The van der Waals surface area contributed by atoms with Crippen molar-refractivity contribution in [2.24, 2.45) is 0 Å². The first-order valence-corrected chi connectivity index (χ1v) is 7.05. The molecule has 4 nitrogen and oxygen atoms in total. The Hall–Kier alpha value is -1.24. The molecular weight excluding hydrogens is 289 g/mol. The number of hydrogen-bond donors (Lipinski definition) is 1. The summed E-state index contributed by atoms with van der Waals surface area (Å²) in [6.07, 6.45) is 0.462. The summed E-state index contributed by atoms with van der Waals surface area (Å²) in [5.41, 5.74) is -0.0479. The van der Waals surface area contributed by atoms with Gasteiger partial charge >= 0.3 is 12.3 Å². The number of halogens is 3. The molecule has 1 saturated carbocycles. The predicted octanol–water partition coefficient (Wildman–Crippen LogP) is 3.73. The van der Waals surface area contributed by atoms with Crippen LogP contribution in [0.25, 0.3) is 0 Å². The average Bonchev–Trinajstić information content (AvgIpc) is 2.37. The minimum atomic E-state index is -4.57. The van der Waals surface area contributed by atoms with Crippen LogP contribution in [0, 0.1) is 0 Å². The van der Waals surface area contributed by atoms with Gasteiger partial charge in [0.15, 0.2) is 6.61 Å². The lowest BCUT2D eigenvalue weighted by Gasteiger charge is -2.39. The number of carbonyl (C=O) groups is 1. The van der Waals surface area contributed by atoms with E-state index in [-0.39, 0.29) is 6.61 Å². The summed E-state index contributed by atoms with van der Waals surface area (Å²) in [5, 5.41) is 10.3. The topological polar surface area (TPSA) is 55.8 Å². The molecule has 7 heteroatoms. The van der Waals surface area contributed by atoms with Crippen molar-refractivity contribution in [3.05, 3.63) is 11.6 Å². The van der Waals surface area contributed by atoms with Crippen LogP contribution in [0.1, 0.15) is 45.4 Å². The van der Waals surface area contributed by atoms with Crippen LogP contribution in [0.4, 0.5) is 18.0 Å². The highest BCUT2D eigenvalue weighted by atomic mass is 19.4. The molecule has 1 rings (SSSR count). The van der Waals surface area contributed by atoms with Gasteiger partial charge in [-0.3, -0.25) is 0 Å². The van der Waals surface area contributed by atoms with E-state index in [9.17, 15) is 23.1 Å². The van der Waals surface area contributed by atoms with E-state index in [2.05, 4.69) is 9.47 Å². The van der Waals surface area contributed by atoms with E-state index in [0.29, 0.717) is 19.3 Å². The smallest absolute Gasteiger partial charge is 0.430 e. The Morgan fingerprint density at radius 1 is 1.33 bits per heavy atom. The molecule has 1 aliphatic rings. The van der Waals surface area contributed by atoms with Gasteiger partial charge in [-0.15, -0.1) is 0 Å². The second-order valence-electron chi connectivity index (χ2n) is 5.18. The zero-order valence-electron chi connectivity index (χ0n) is 12.0. The summed E-state index contributed by atoms with van der Waals surface area (Å²) < 4.78 is 44.0. The van der Waals surface area contributed by atoms with Gasteiger partial charge in [0.05, 0.1) is 5.60 Å². The van der Waals surface area contributed by atoms with Gasteiger partial charge in [-0.2, -0.15) is 13.2 Å². The zero-order chi connectivity index (χ0) is 15.9. The largest absolute Gasteiger partial charge is 0.508 e. The Morgan fingerprint density at radius 3 is 2.48 bits per heavy atom. The lowest BCUT2D eigenvalue weighted by molar-refractivity contribution is -0.165. The second-order valence-corrected chi connectivity index (χ2v) is 5.18. The van der Waals surface area contributed by atoms with E-state index < -0.39 is 24.5 Å². The summed E-state index contributed by atoms with van der Waals surface area (Å²) in [6.45, 7) is 0.160. The Bertz CT molecular complexity index is 373. The number of rotatable bonds is 7. The highest BCUT2D eigenvalue weighted by molar-refractivity contribution is 5.60. The van der Waals surface area contributed by atoms with Crippen molar-refractivity contribution in [2.75, 3.05) is 13.2 Å². The molecule has 0 unspecified atom stereocenters. The summed E-state index contributed by atoms with van der Waals surface area (Å²) in [7, 11) is 0. The van der Waals surface area contributed by atoms with Gasteiger partial charge in [0.1, 0.15) is 6.61 Å². The van der Waals surface area contributed by atoms with Crippen LogP contribution in [0.2, 0.25) is 0 Å². The first kappa shape index (κ1) is 17.8. The van der Waals surface area contributed by atoms with Crippen LogP contribution in [0.15, 0.2) is 11.6 Å². The van der Waals surface area contributed by atoms with Crippen molar-refractivity contribution >= 4 is 6.16 Å². The maximum Gasteiger partial charge on any atom is 0.508 e. The van der Waals surface area contributed by atoms with Crippen LogP contribution in [-0.2, 0) is 9.47 Å². The summed E-state index contributed by atoms with van der Waals surface area (Å²) >= 11 is 0. The molecule has 0 aliphatic heterocycles. The fraction of sp³-hybridized carbons (Fsp3) is 0.786. The molecule has 0 atom stereocenters.